The van der Waals surface area contributed by atoms with E-state index >= 15 is 0 Å². The van der Waals surface area contributed by atoms with Crippen LogP contribution in [0.15, 0.2) is 57.9 Å². The Morgan fingerprint density at radius 3 is 2.61 bits per heavy atom. The Balaban J connectivity index is 1.87. The molecular weight excluding hydrogens is 380 g/mol. The van der Waals surface area contributed by atoms with Gasteiger partial charge >= 0.3 is 5.97 Å². The van der Waals surface area contributed by atoms with Gasteiger partial charge in [0.25, 0.3) is 0 Å². The third kappa shape index (κ3) is 4.20. The SMILES string of the molecule is CCC(C)OC(=O)C(C)Oc1ccc2c(=O)c(-c3ccccc3Cl)coc2c1. The fourth-order valence-electron chi connectivity index (χ4n) is 2.68. The summed E-state index contributed by atoms with van der Waals surface area (Å²) in [5.41, 5.74) is 1.17. The number of hydrogen-bond donors (Lipinski definition) is 0. The zero-order chi connectivity index (χ0) is 20.3. The highest BCUT2D eigenvalue weighted by Crippen LogP contribution is 2.28. The predicted molar refractivity (Wildman–Crippen MR) is 109 cm³/mol. The molecule has 0 aliphatic carbocycles. The van der Waals surface area contributed by atoms with E-state index in [1.165, 1.54) is 6.26 Å². The number of hydrogen-bond acceptors (Lipinski definition) is 5. The smallest absolute Gasteiger partial charge is 0.347 e. The van der Waals surface area contributed by atoms with Crippen molar-refractivity contribution >= 4 is 28.5 Å². The van der Waals surface area contributed by atoms with Gasteiger partial charge in [0.1, 0.15) is 17.6 Å². The molecule has 0 saturated heterocycles. The minimum atomic E-state index is -0.777. The summed E-state index contributed by atoms with van der Waals surface area (Å²) < 4.78 is 16.6. The first-order chi connectivity index (χ1) is 13.4. The Morgan fingerprint density at radius 2 is 1.89 bits per heavy atom. The average Bonchev–Trinajstić information content (AvgIpc) is 2.69. The van der Waals surface area contributed by atoms with E-state index in [-0.39, 0.29) is 11.5 Å². The number of benzene rings is 2. The second kappa shape index (κ2) is 8.48. The van der Waals surface area contributed by atoms with E-state index in [9.17, 15) is 9.59 Å². The molecule has 1 aromatic heterocycles. The monoisotopic (exact) mass is 400 g/mol. The number of esters is 1. The summed E-state index contributed by atoms with van der Waals surface area (Å²) in [4.78, 5) is 24.9. The van der Waals surface area contributed by atoms with Gasteiger partial charge in [0.05, 0.1) is 17.1 Å². The molecule has 5 nitrogen and oxygen atoms in total. The number of halogens is 1. The number of fused-ring (bicyclic) bond motifs is 1. The van der Waals surface area contributed by atoms with Crippen LogP contribution in [0.4, 0.5) is 0 Å². The number of rotatable bonds is 6. The Kier molecular flexibility index (Phi) is 6.05. The van der Waals surface area contributed by atoms with Crippen LogP contribution in [0.3, 0.4) is 0 Å². The van der Waals surface area contributed by atoms with Crippen LogP contribution in [0.5, 0.6) is 5.75 Å². The summed E-state index contributed by atoms with van der Waals surface area (Å²) in [5.74, 6) is -0.0280. The molecule has 1 heterocycles. The Hall–Kier alpha value is -2.79. The van der Waals surface area contributed by atoms with Crippen LogP contribution >= 0.6 is 11.6 Å². The molecule has 0 saturated carbocycles. The van der Waals surface area contributed by atoms with Crippen LogP contribution in [0.25, 0.3) is 22.1 Å². The molecule has 0 radical (unpaired) electrons. The second-order valence-electron chi connectivity index (χ2n) is 6.53. The van der Waals surface area contributed by atoms with E-state index in [1.54, 1.807) is 43.3 Å². The lowest BCUT2D eigenvalue weighted by Crippen LogP contribution is -2.29. The molecule has 28 heavy (non-hydrogen) atoms. The van der Waals surface area contributed by atoms with Crippen LogP contribution in [-0.2, 0) is 9.53 Å². The van der Waals surface area contributed by atoms with Crippen LogP contribution in [0, 0.1) is 0 Å². The van der Waals surface area contributed by atoms with Crippen molar-refractivity contribution < 1.29 is 18.7 Å². The second-order valence-corrected chi connectivity index (χ2v) is 6.94. The average molecular weight is 401 g/mol. The highest BCUT2D eigenvalue weighted by molar-refractivity contribution is 6.33. The van der Waals surface area contributed by atoms with Crippen LogP contribution in [0.2, 0.25) is 5.02 Å². The highest BCUT2D eigenvalue weighted by Gasteiger charge is 2.19. The number of carbonyl (C=O) groups excluding carboxylic acids is 1. The third-order valence-corrected chi connectivity index (χ3v) is 4.78. The Labute approximate surface area is 167 Å². The summed E-state index contributed by atoms with van der Waals surface area (Å²) in [6.07, 6.45) is 1.17. The van der Waals surface area contributed by atoms with Crippen molar-refractivity contribution in [1.29, 1.82) is 0 Å². The van der Waals surface area contributed by atoms with E-state index in [1.807, 2.05) is 19.9 Å². The van der Waals surface area contributed by atoms with Crippen molar-refractivity contribution in [1.82, 2.24) is 0 Å². The fourth-order valence-corrected chi connectivity index (χ4v) is 2.91. The summed E-state index contributed by atoms with van der Waals surface area (Å²) >= 11 is 6.20. The van der Waals surface area contributed by atoms with Crippen LogP contribution in [-0.4, -0.2) is 18.2 Å². The molecule has 6 heteroatoms. The minimum absolute atomic E-state index is 0.170. The molecule has 2 atom stereocenters. The van der Waals surface area contributed by atoms with Gasteiger partial charge in [0.2, 0.25) is 5.43 Å². The van der Waals surface area contributed by atoms with Gasteiger partial charge in [0, 0.05) is 16.7 Å². The van der Waals surface area contributed by atoms with E-state index < -0.39 is 12.1 Å². The summed E-state index contributed by atoms with van der Waals surface area (Å²) in [6.45, 7) is 5.38. The largest absolute Gasteiger partial charge is 0.479 e. The molecule has 0 fully saturated rings. The number of carbonyl (C=O) groups is 1. The van der Waals surface area contributed by atoms with E-state index in [0.29, 0.717) is 32.9 Å². The molecule has 0 spiro atoms. The van der Waals surface area contributed by atoms with Gasteiger partial charge in [0.15, 0.2) is 6.10 Å². The molecule has 0 amide bonds. The van der Waals surface area contributed by atoms with Crippen molar-refractivity contribution in [2.75, 3.05) is 0 Å². The van der Waals surface area contributed by atoms with Gasteiger partial charge in [-0.3, -0.25) is 4.79 Å². The predicted octanol–water partition coefficient (Wildman–Crippen LogP) is 5.22. The molecule has 0 N–H and O–H groups in total. The quantitative estimate of drug-likeness (QED) is 0.530. The summed E-state index contributed by atoms with van der Waals surface area (Å²) in [5, 5.41) is 0.877. The topological polar surface area (TPSA) is 65.7 Å². The Bertz CT molecular complexity index is 1060. The third-order valence-electron chi connectivity index (χ3n) is 4.45. The van der Waals surface area contributed by atoms with Crippen molar-refractivity contribution in [3.05, 3.63) is 64.0 Å². The van der Waals surface area contributed by atoms with E-state index in [0.717, 1.165) is 6.42 Å². The first-order valence-corrected chi connectivity index (χ1v) is 9.46. The molecule has 3 aromatic rings. The number of ether oxygens (including phenoxy) is 2. The maximum atomic E-state index is 12.8. The zero-order valence-corrected chi connectivity index (χ0v) is 16.7. The Morgan fingerprint density at radius 1 is 1.14 bits per heavy atom. The van der Waals surface area contributed by atoms with E-state index in [2.05, 4.69) is 0 Å². The molecular formula is C22H21ClO5. The lowest BCUT2D eigenvalue weighted by atomic mass is 10.1. The summed E-state index contributed by atoms with van der Waals surface area (Å²) in [7, 11) is 0. The molecule has 2 aromatic carbocycles. The maximum absolute atomic E-state index is 12.8. The molecule has 0 aliphatic rings. The molecule has 3 rings (SSSR count). The summed E-state index contributed by atoms with van der Waals surface area (Å²) in [6, 6.07) is 11.9. The first kappa shape index (κ1) is 20.0. The van der Waals surface area contributed by atoms with Crippen molar-refractivity contribution in [3.8, 4) is 16.9 Å². The van der Waals surface area contributed by atoms with Gasteiger partial charge in [-0.25, -0.2) is 4.79 Å². The van der Waals surface area contributed by atoms with Crippen LogP contribution < -0.4 is 10.2 Å². The first-order valence-electron chi connectivity index (χ1n) is 9.08. The van der Waals surface area contributed by atoms with Crippen molar-refractivity contribution in [2.24, 2.45) is 0 Å². The standard InChI is InChI=1S/C22H21ClO5/c1-4-13(2)27-22(25)14(3)28-15-9-10-17-20(11-15)26-12-18(21(17)24)16-7-5-6-8-19(16)23/h5-14H,4H2,1-3H3. The lowest BCUT2D eigenvalue weighted by molar-refractivity contribution is -0.155. The highest BCUT2D eigenvalue weighted by atomic mass is 35.5. The maximum Gasteiger partial charge on any atom is 0.347 e. The minimum Gasteiger partial charge on any atom is -0.479 e. The normalized spacial score (nSPS) is 13.1. The van der Waals surface area contributed by atoms with E-state index in [4.69, 9.17) is 25.5 Å². The molecule has 146 valence electrons. The van der Waals surface area contributed by atoms with Gasteiger partial charge in [-0.2, -0.15) is 0 Å². The van der Waals surface area contributed by atoms with Crippen molar-refractivity contribution in [2.45, 2.75) is 39.4 Å². The van der Waals surface area contributed by atoms with Gasteiger partial charge in [-0.1, -0.05) is 36.7 Å². The fraction of sp³-hybridized carbons (Fsp3) is 0.273. The van der Waals surface area contributed by atoms with Gasteiger partial charge < -0.3 is 13.9 Å². The molecule has 0 bridgehead atoms. The zero-order valence-electron chi connectivity index (χ0n) is 15.9. The molecule has 0 aliphatic heterocycles. The van der Waals surface area contributed by atoms with Crippen LogP contribution in [0.1, 0.15) is 27.2 Å². The lowest BCUT2D eigenvalue weighted by Gasteiger charge is -2.17. The van der Waals surface area contributed by atoms with Crippen molar-refractivity contribution in [3.63, 3.8) is 0 Å². The molecule has 2 unspecified atom stereocenters. The van der Waals surface area contributed by atoms with Gasteiger partial charge in [-0.15, -0.1) is 0 Å². The van der Waals surface area contributed by atoms with Gasteiger partial charge in [-0.05, 0) is 38.5 Å².